The highest BCUT2D eigenvalue weighted by Gasteiger charge is 2.31. The monoisotopic (exact) mass is 276 g/mol. The van der Waals surface area contributed by atoms with Crippen LogP contribution >= 0.6 is 0 Å². The standard InChI is InChI=1S/C15H20N2O3/c1-10-9-17(13-7-5-4-6-12(10)13)11(2)15(19)16-8-14(18)20-3/h4-7,10-11H,8-9H2,1-3H3,(H,16,19). The molecule has 0 bridgehead atoms. The molecular weight excluding hydrogens is 256 g/mol. The molecule has 1 heterocycles. The highest BCUT2D eigenvalue weighted by molar-refractivity contribution is 5.88. The third-order valence-corrected chi connectivity index (χ3v) is 3.73. The fraction of sp³-hybridized carbons (Fsp3) is 0.467. The van der Waals surface area contributed by atoms with Gasteiger partial charge in [0.1, 0.15) is 12.6 Å². The summed E-state index contributed by atoms with van der Waals surface area (Å²) in [5, 5.41) is 2.60. The topological polar surface area (TPSA) is 58.6 Å². The van der Waals surface area contributed by atoms with Gasteiger partial charge in [-0.15, -0.1) is 0 Å². The fourth-order valence-corrected chi connectivity index (χ4v) is 2.54. The van der Waals surface area contributed by atoms with Crippen LogP contribution in [0.4, 0.5) is 5.69 Å². The minimum atomic E-state index is -0.444. The number of anilines is 1. The Morgan fingerprint density at radius 2 is 2.15 bits per heavy atom. The average Bonchev–Trinajstić information content (AvgIpc) is 2.81. The molecule has 1 N–H and O–H groups in total. The van der Waals surface area contributed by atoms with Gasteiger partial charge in [-0.05, 0) is 18.6 Å². The molecular formula is C15H20N2O3. The first kappa shape index (κ1) is 14.4. The lowest BCUT2D eigenvalue weighted by atomic mass is 10.0. The zero-order chi connectivity index (χ0) is 14.7. The van der Waals surface area contributed by atoms with E-state index in [-0.39, 0.29) is 18.5 Å². The van der Waals surface area contributed by atoms with E-state index >= 15 is 0 Å². The van der Waals surface area contributed by atoms with Gasteiger partial charge in [-0.3, -0.25) is 9.59 Å². The number of fused-ring (bicyclic) bond motifs is 1. The number of hydrogen-bond acceptors (Lipinski definition) is 4. The Morgan fingerprint density at radius 1 is 1.45 bits per heavy atom. The molecule has 0 spiro atoms. The van der Waals surface area contributed by atoms with Crippen LogP contribution < -0.4 is 10.2 Å². The summed E-state index contributed by atoms with van der Waals surface area (Å²) in [4.78, 5) is 25.2. The molecule has 0 aliphatic carbocycles. The molecule has 5 heteroatoms. The van der Waals surface area contributed by atoms with Crippen LogP contribution in [-0.4, -0.2) is 38.1 Å². The molecule has 1 aromatic carbocycles. The third kappa shape index (κ3) is 2.76. The van der Waals surface area contributed by atoms with Crippen LogP contribution in [0, 0.1) is 0 Å². The summed E-state index contributed by atoms with van der Waals surface area (Å²) in [5.74, 6) is -0.206. The predicted molar refractivity (Wildman–Crippen MR) is 76.7 cm³/mol. The van der Waals surface area contributed by atoms with E-state index in [1.165, 1.54) is 12.7 Å². The molecule has 0 fully saturated rings. The van der Waals surface area contributed by atoms with Crippen molar-refractivity contribution < 1.29 is 14.3 Å². The van der Waals surface area contributed by atoms with Crippen LogP contribution in [0.25, 0.3) is 0 Å². The van der Waals surface area contributed by atoms with Gasteiger partial charge in [-0.2, -0.15) is 0 Å². The van der Waals surface area contributed by atoms with Crippen molar-refractivity contribution >= 4 is 17.6 Å². The summed E-state index contributed by atoms with van der Waals surface area (Å²) in [6.07, 6.45) is 0. The quantitative estimate of drug-likeness (QED) is 0.842. The van der Waals surface area contributed by atoms with E-state index < -0.39 is 5.97 Å². The van der Waals surface area contributed by atoms with Crippen LogP contribution in [0.1, 0.15) is 25.3 Å². The Hall–Kier alpha value is -2.04. The number of hydrogen-bond donors (Lipinski definition) is 1. The molecule has 5 nitrogen and oxygen atoms in total. The summed E-state index contributed by atoms with van der Waals surface area (Å²) in [6.45, 7) is 4.72. The van der Waals surface area contributed by atoms with E-state index in [4.69, 9.17) is 0 Å². The Bertz CT molecular complexity index is 516. The van der Waals surface area contributed by atoms with Gasteiger partial charge in [0.15, 0.2) is 0 Å². The average molecular weight is 276 g/mol. The second kappa shape index (κ2) is 5.94. The minimum Gasteiger partial charge on any atom is -0.468 e. The second-order valence-corrected chi connectivity index (χ2v) is 5.08. The molecule has 2 atom stereocenters. The van der Waals surface area contributed by atoms with Crippen LogP contribution in [0.3, 0.4) is 0 Å². The van der Waals surface area contributed by atoms with Gasteiger partial charge < -0.3 is 15.0 Å². The zero-order valence-electron chi connectivity index (χ0n) is 12.1. The number of rotatable bonds is 4. The van der Waals surface area contributed by atoms with E-state index in [1.54, 1.807) is 0 Å². The van der Waals surface area contributed by atoms with Crippen LogP contribution in [0.2, 0.25) is 0 Å². The summed E-state index contributed by atoms with van der Waals surface area (Å²) >= 11 is 0. The van der Waals surface area contributed by atoms with E-state index in [9.17, 15) is 9.59 Å². The SMILES string of the molecule is COC(=O)CNC(=O)C(C)N1CC(C)c2ccccc21. The second-order valence-electron chi connectivity index (χ2n) is 5.08. The molecule has 0 saturated heterocycles. The first-order chi connectivity index (χ1) is 9.54. The number of esters is 1. The van der Waals surface area contributed by atoms with Gasteiger partial charge in [0.05, 0.1) is 7.11 Å². The highest BCUT2D eigenvalue weighted by Crippen LogP contribution is 2.36. The van der Waals surface area contributed by atoms with Gasteiger partial charge in [0, 0.05) is 18.2 Å². The van der Waals surface area contributed by atoms with Crippen molar-refractivity contribution in [3.8, 4) is 0 Å². The number of nitrogens with one attached hydrogen (secondary N) is 1. The van der Waals surface area contributed by atoms with Crippen LogP contribution in [0.5, 0.6) is 0 Å². The fourth-order valence-electron chi connectivity index (χ4n) is 2.54. The Morgan fingerprint density at radius 3 is 2.85 bits per heavy atom. The number of amides is 1. The van der Waals surface area contributed by atoms with Gasteiger partial charge >= 0.3 is 5.97 Å². The van der Waals surface area contributed by atoms with Crippen molar-refractivity contribution in [3.05, 3.63) is 29.8 Å². The maximum absolute atomic E-state index is 12.1. The number of carbonyl (C=O) groups excluding carboxylic acids is 2. The lowest BCUT2D eigenvalue weighted by molar-refractivity contribution is -0.141. The molecule has 1 aliphatic heterocycles. The number of carbonyl (C=O) groups is 2. The number of methoxy groups -OCH3 is 1. The van der Waals surface area contributed by atoms with Crippen molar-refractivity contribution in [2.75, 3.05) is 25.1 Å². The lowest BCUT2D eigenvalue weighted by Gasteiger charge is -2.26. The van der Waals surface area contributed by atoms with Gasteiger partial charge in [0.25, 0.3) is 0 Å². The number of benzene rings is 1. The van der Waals surface area contributed by atoms with E-state index in [2.05, 4.69) is 27.9 Å². The maximum atomic E-state index is 12.1. The van der Waals surface area contributed by atoms with Crippen molar-refractivity contribution in [2.24, 2.45) is 0 Å². The van der Waals surface area contributed by atoms with Crippen molar-refractivity contribution in [1.29, 1.82) is 0 Å². The lowest BCUT2D eigenvalue weighted by Crippen LogP contribution is -2.46. The molecule has 1 aromatic rings. The first-order valence-corrected chi connectivity index (χ1v) is 6.74. The molecule has 2 unspecified atom stereocenters. The smallest absolute Gasteiger partial charge is 0.325 e. The van der Waals surface area contributed by atoms with E-state index in [1.807, 2.05) is 25.1 Å². The summed E-state index contributed by atoms with van der Waals surface area (Å²) in [6, 6.07) is 7.80. The molecule has 0 radical (unpaired) electrons. The summed E-state index contributed by atoms with van der Waals surface area (Å²) in [7, 11) is 1.30. The van der Waals surface area contributed by atoms with Gasteiger partial charge in [-0.1, -0.05) is 25.1 Å². The molecule has 0 aromatic heterocycles. The number of para-hydroxylation sites is 1. The summed E-state index contributed by atoms with van der Waals surface area (Å²) in [5.41, 5.74) is 2.36. The zero-order valence-corrected chi connectivity index (χ0v) is 12.1. The largest absolute Gasteiger partial charge is 0.468 e. The normalized spacial score (nSPS) is 18.4. The Labute approximate surface area is 118 Å². The van der Waals surface area contributed by atoms with Gasteiger partial charge in [-0.25, -0.2) is 0 Å². The minimum absolute atomic E-state index is 0.0925. The number of nitrogens with zero attached hydrogens (tertiary/aromatic N) is 1. The molecule has 0 saturated carbocycles. The molecule has 20 heavy (non-hydrogen) atoms. The third-order valence-electron chi connectivity index (χ3n) is 3.73. The maximum Gasteiger partial charge on any atom is 0.325 e. The number of ether oxygens (including phenoxy) is 1. The van der Waals surface area contributed by atoms with E-state index in [0.717, 1.165) is 12.2 Å². The molecule has 108 valence electrons. The Balaban J connectivity index is 2.05. The first-order valence-electron chi connectivity index (χ1n) is 6.74. The molecule has 2 rings (SSSR count). The predicted octanol–water partition coefficient (Wildman–Crippen LogP) is 1.29. The van der Waals surface area contributed by atoms with Crippen molar-refractivity contribution in [2.45, 2.75) is 25.8 Å². The van der Waals surface area contributed by atoms with Gasteiger partial charge in [0.2, 0.25) is 5.91 Å². The highest BCUT2D eigenvalue weighted by atomic mass is 16.5. The Kier molecular flexibility index (Phi) is 4.27. The molecule has 1 amide bonds. The van der Waals surface area contributed by atoms with Crippen molar-refractivity contribution in [3.63, 3.8) is 0 Å². The molecule has 1 aliphatic rings. The van der Waals surface area contributed by atoms with E-state index in [0.29, 0.717) is 5.92 Å². The van der Waals surface area contributed by atoms with Crippen molar-refractivity contribution in [1.82, 2.24) is 5.32 Å². The van der Waals surface area contributed by atoms with Crippen LogP contribution in [-0.2, 0) is 14.3 Å². The van der Waals surface area contributed by atoms with Crippen LogP contribution in [0.15, 0.2) is 24.3 Å². The summed E-state index contributed by atoms with van der Waals surface area (Å²) < 4.78 is 4.51.